The van der Waals surface area contributed by atoms with Crippen LogP contribution < -0.4 is 0 Å². The molecule has 3 aliphatic carbocycles. The van der Waals surface area contributed by atoms with Gasteiger partial charge in [0, 0.05) is 0 Å². The van der Waals surface area contributed by atoms with Gasteiger partial charge in [-0.15, -0.1) is 0 Å². The Hall–Kier alpha value is -1.12. The summed E-state index contributed by atoms with van der Waals surface area (Å²) in [6, 6.07) is 0. The average Bonchev–Trinajstić information content (AvgIpc) is 2.56. The van der Waals surface area contributed by atoms with Crippen molar-refractivity contribution in [2.45, 2.75) is 39.5 Å². The van der Waals surface area contributed by atoms with Crippen molar-refractivity contribution in [1.82, 2.24) is 0 Å². The Bertz CT molecular complexity index is 409. The first-order valence-electron chi connectivity index (χ1n) is 6.07. The maximum absolute atomic E-state index is 12.1. The van der Waals surface area contributed by atoms with Gasteiger partial charge >= 0.3 is 11.9 Å². The first-order valence-corrected chi connectivity index (χ1v) is 6.07. The van der Waals surface area contributed by atoms with E-state index in [9.17, 15) is 9.59 Å². The van der Waals surface area contributed by atoms with E-state index in [1.165, 1.54) is 5.57 Å². The first kappa shape index (κ1) is 10.1. The van der Waals surface area contributed by atoms with Gasteiger partial charge in [0.1, 0.15) is 5.41 Å². The number of esters is 2. The SMILES string of the molecule is CC(C)C12C(=O)OC(=O)C1=C1CCC2CC1. The molecule has 2 fully saturated rings. The highest BCUT2D eigenvalue weighted by Gasteiger charge is 2.63. The van der Waals surface area contributed by atoms with Crippen molar-refractivity contribution < 1.29 is 14.3 Å². The smallest absolute Gasteiger partial charge is 0.342 e. The second-order valence-electron chi connectivity index (χ2n) is 5.45. The van der Waals surface area contributed by atoms with Gasteiger partial charge in [0.2, 0.25) is 0 Å². The molecule has 1 atom stereocenters. The molecule has 3 heteroatoms. The molecular weight excluding hydrogens is 204 g/mol. The fraction of sp³-hybridized carbons (Fsp3) is 0.692. The van der Waals surface area contributed by atoms with Crippen LogP contribution in [0.25, 0.3) is 0 Å². The van der Waals surface area contributed by atoms with Crippen molar-refractivity contribution in [2.24, 2.45) is 17.3 Å². The molecule has 1 saturated heterocycles. The minimum absolute atomic E-state index is 0.155. The molecule has 0 N–H and O–H groups in total. The van der Waals surface area contributed by atoms with Gasteiger partial charge in [-0.25, -0.2) is 4.79 Å². The third-order valence-corrected chi connectivity index (χ3v) is 4.64. The molecule has 1 aliphatic heterocycles. The van der Waals surface area contributed by atoms with Crippen molar-refractivity contribution in [1.29, 1.82) is 0 Å². The monoisotopic (exact) mass is 220 g/mol. The second kappa shape index (κ2) is 2.96. The van der Waals surface area contributed by atoms with Crippen LogP contribution in [0.4, 0.5) is 0 Å². The number of ether oxygens (including phenoxy) is 1. The standard InChI is InChI=1S/C13H16O3/c1-7(2)13-9-5-3-8(4-6-9)10(13)11(14)16-12(13)15/h7,9H,3-6H2,1-2H3. The molecular formula is C13H16O3. The Morgan fingerprint density at radius 3 is 2.38 bits per heavy atom. The number of fused-ring (bicyclic) bond motifs is 2. The van der Waals surface area contributed by atoms with Gasteiger partial charge in [-0.1, -0.05) is 19.4 Å². The third kappa shape index (κ3) is 0.902. The number of allylic oxidation sites excluding steroid dienone is 1. The van der Waals surface area contributed by atoms with E-state index in [-0.39, 0.29) is 17.9 Å². The zero-order chi connectivity index (χ0) is 11.5. The molecule has 1 heterocycles. The maximum atomic E-state index is 12.1. The minimum Gasteiger partial charge on any atom is -0.389 e. The molecule has 2 bridgehead atoms. The maximum Gasteiger partial charge on any atom is 0.342 e. The van der Waals surface area contributed by atoms with E-state index in [2.05, 4.69) is 0 Å². The molecule has 0 amide bonds. The van der Waals surface area contributed by atoms with Gasteiger partial charge in [0.15, 0.2) is 0 Å². The van der Waals surface area contributed by atoms with E-state index in [1.54, 1.807) is 0 Å². The van der Waals surface area contributed by atoms with Crippen LogP contribution in [0.3, 0.4) is 0 Å². The van der Waals surface area contributed by atoms with Crippen molar-refractivity contribution in [3.63, 3.8) is 0 Å². The molecule has 0 aromatic carbocycles. The summed E-state index contributed by atoms with van der Waals surface area (Å²) in [7, 11) is 0. The molecule has 0 spiro atoms. The van der Waals surface area contributed by atoms with E-state index in [0.29, 0.717) is 5.92 Å². The lowest BCUT2D eigenvalue weighted by atomic mass is 9.54. The number of rotatable bonds is 1. The predicted octanol–water partition coefficient (Wildman–Crippen LogP) is 2.21. The lowest BCUT2D eigenvalue weighted by Gasteiger charge is -2.46. The highest BCUT2D eigenvalue weighted by molar-refractivity contribution is 6.11. The largest absolute Gasteiger partial charge is 0.389 e. The van der Waals surface area contributed by atoms with E-state index in [4.69, 9.17) is 4.74 Å². The molecule has 0 aromatic rings. The van der Waals surface area contributed by atoms with Crippen LogP contribution >= 0.6 is 0 Å². The number of hydrogen-bond acceptors (Lipinski definition) is 3. The molecule has 1 saturated carbocycles. The molecule has 1 unspecified atom stereocenters. The molecule has 0 aromatic heterocycles. The summed E-state index contributed by atoms with van der Waals surface area (Å²) in [5.41, 5.74) is 1.32. The van der Waals surface area contributed by atoms with Crippen LogP contribution in [0.1, 0.15) is 39.5 Å². The Balaban J connectivity index is 2.28. The molecule has 3 nitrogen and oxygen atoms in total. The summed E-state index contributed by atoms with van der Waals surface area (Å²) in [4.78, 5) is 23.9. The van der Waals surface area contributed by atoms with E-state index >= 15 is 0 Å². The molecule has 4 aliphatic rings. The van der Waals surface area contributed by atoms with Crippen LogP contribution in [-0.4, -0.2) is 11.9 Å². The highest BCUT2D eigenvalue weighted by Crippen LogP contribution is 2.59. The van der Waals surface area contributed by atoms with Gasteiger partial charge < -0.3 is 4.74 Å². The number of carbonyl (C=O) groups is 2. The van der Waals surface area contributed by atoms with E-state index in [1.807, 2.05) is 13.8 Å². The van der Waals surface area contributed by atoms with E-state index in [0.717, 1.165) is 31.3 Å². The van der Waals surface area contributed by atoms with Crippen molar-refractivity contribution in [3.05, 3.63) is 11.1 Å². The first-order chi connectivity index (χ1) is 7.58. The zero-order valence-electron chi connectivity index (χ0n) is 9.71. The second-order valence-corrected chi connectivity index (χ2v) is 5.45. The highest BCUT2D eigenvalue weighted by atomic mass is 16.6. The zero-order valence-corrected chi connectivity index (χ0v) is 9.71. The molecule has 86 valence electrons. The Labute approximate surface area is 94.8 Å². The lowest BCUT2D eigenvalue weighted by molar-refractivity contribution is -0.158. The van der Waals surface area contributed by atoms with Crippen LogP contribution in [-0.2, 0) is 14.3 Å². The molecule has 16 heavy (non-hydrogen) atoms. The van der Waals surface area contributed by atoms with Crippen LogP contribution in [0.5, 0.6) is 0 Å². The quantitative estimate of drug-likeness (QED) is 0.502. The molecule has 4 rings (SSSR count). The Kier molecular flexibility index (Phi) is 1.86. The van der Waals surface area contributed by atoms with Gasteiger partial charge in [-0.3, -0.25) is 4.79 Å². The molecule has 0 radical (unpaired) electrons. The van der Waals surface area contributed by atoms with Gasteiger partial charge in [-0.2, -0.15) is 0 Å². The van der Waals surface area contributed by atoms with Gasteiger partial charge in [0.25, 0.3) is 0 Å². The lowest BCUT2D eigenvalue weighted by Crippen LogP contribution is -2.46. The van der Waals surface area contributed by atoms with Crippen molar-refractivity contribution >= 4 is 11.9 Å². The number of hydrogen-bond donors (Lipinski definition) is 0. The van der Waals surface area contributed by atoms with Gasteiger partial charge in [-0.05, 0) is 37.5 Å². The summed E-state index contributed by atoms with van der Waals surface area (Å²) in [6.45, 7) is 4.06. The summed E-state index contributed by atoms with van der Waals surface area (Å²) in [5.74, 6) is -0.177. The van der Waals surface area contributed by atoms with E-state index < -0.39 is 5.41 Å². The van der Waals surface area contributed by atoms with Gasteiger partial charge in [0.05, 0.1) is 5.57 Å². The Morgan fingerprint density at radius 1 is 1.25 bits per heavy atom. The fourth-order valence-corrected chi connectivity index (χ4v) is 3.97. The number of carbonyl (C=O) groups excluding carboxylic acids is 2. The average molecular weight is 220 g/mol. The topological polar surface area (TPSA) is 43.4 Å². The summed E-state index contributed by atoms with van der Waals surface area (Å²) in [5, 5.41) is 0. The Morgan fingerprint density at radius 2 is 1.88 bits per heavy atom. The fourth-order valence-electron chi connectivity index (χ4n) is 3.97. The normalized spacial score (nSPS) is 37.1. The van der Waals surface area contributed by atoms with Crippen LogP contribution in [0, 0.1) is 17.3 Å². The summed E-state index contributed by atoms with van der Waals surface area (Å²) in [6.07, 6.45) is 4.05. The predicted molar refractivity (Wildman–Crippen MR) is 57.4 cm³/mol. The van der Waals surface area contributed by atoms with Crippen LogP contribution in [0.15, 0.2) is 11.1 Å². The summed E-state index contributed by atoms with van der Waals surface area (Å²) < 4.78 is 4.92. The third-order valence-electron chi connectivity index (χ3n) is 4.64. The van der Waals surface area contributed by atoms with Crippen molar-refractivity contribution in [2.75, 3.05) is 0 Å². The number of cyclic esters (lactones) is 2. The minimum atomic E-state index is -0.594. The summed E-state index contributed by atoms with van der Waals surface area (Å²) >= 11 is 0. The van der Waals surface area contributed by atoms with Crippen molar-refractivity contribution in [3.8, 4) is 0 Å². The van der Waals surface area contributed by atoms with Crippen LogP contribution in [0.2, 0.25) is 0 Å².